The van der Waals surface area contributed by atoms with Crippen molar-refractivity contribution in [3.8, 4) is 0 Å². The third-order valence-corrected chi connectivity index (χ3v) is 6.91. The van der Waals surface area contributed by atoms with Crippen molar-refractivity contribution >= 4 is 15.7 Å². The van der Waals surface area contributed by atoms with Crippen LogP contribution < -0.4 is 0 Å². The molecule has 2 atom stereocenters. The normalized spacial score (nSPS) is 26.4. The molecule has 0 spiro atoms. The largest absolute Gasteiger partial charge is 0.348 e. The summed E-state index contributed by atoms with van der Waals surface area (Å²) in [5.41, 5.74) is 2.42. The van der Waals surface area contributed by atoms with E-state index in [1.807, 2.05) is 6.07 Å². The van der Waals surface area contributed by atoms with Crippen molar-refractivity contribution in [2.24, 2.45) is 0 Å². The molecular weight excluding hydrogens is 338 g/mol. The lowest BCUT2D eigenvalue weighted by Gasteiger charge is -2.43. The Labute approximate surface area is 150 Å². The Bertz CT molecular complexity index is 748. The highest BCUT2D eigenvalue weighted by molar-refractivity contribution is 7.91. The second kappa shape index (κ2) is 7.05. The lowest BCUT2D eigenvalue weighted by atomic mass is 10.0. The first-order valence-corrected chi connectivity index (χ1v) is 10.5. The molecule has 1 aromatic carbocycles. The number of amides is 1. The summed E-state index contributed by atoms with van der Waals surface area (Å²) in [5, 5.41) is 0. The Balaban J connectivity index is 1.77. The van der Waals surface area contributed by atoms with Gasteiger partial charge in [-0.3, -0.25) is 14.6 Å². The lowest BCUT2D eigenvalue weighted by molar-refractivity contribution is -0.131. The fraction of sp³-hybridized carbons (Fsp3) is 0.611. The number of nitrogens with zero attached hydrogens (tertiary/aromatic N) is 3. The van der Waals surface area contributed by atoms with Crippen LogP contribution in [-0.2, 0) is 21.2 Å². The van der Waals surface area contributed by atoms with E-state index in [1.165, 1.54) is 11.1 Å². The number of hydrogen-bond donors (Lipinski definition) is 0. The zero-order valence-electron chi connectivity index (χ0n) is 15.2. The molecule has 138 valence electrons. The van der Waals surface area contributed by atoms with Crippen molar-refractivity contribution in [2.45, 2.75) is 25.6 Å². The molecule has 2 fully saturated rings. The van der Waals surface area contributed by atoms with Gasteiger partial charge in [0.25, 0.3) is 0 Å². The van der Waals surface area contributed by atoms with Gasteiger partial charge in [-0.1, -0.05) is 29.8 Å². The van der Waals surface area contributed by atoms with Crippen LogP contribution in [0.25, 0.3) is 0 Å². The van der Waals surface area contributed by atoms with Crippen LogP contribution in [-0.4, -0.2) is 86.3 Å². The van der Waals surface area contributed by atoms with E-state index in [0.717, 1.165) is 19.6 Å². The molecule has 25 heavy (non-hydrogen) atoms. The fourth-order valence-electron chi connectivity index (χ4n) is 3.85. The minimum Gasteiger partial charge on any atom is -0.348 e. The molecule has 2 saturated heterocycles. The standard InChI is InChI=1S/C18H27N3O3S/c1-14-5-4-6-15(9-14)10-20-7-8-21(11-18(22)19(2)3)17-13-25(23,24)12-16(17)20/h4-6,9,16-17H,7-8,10-13H2,1-3H3/t16-,17+/m0/s1. The first-order valence-electron chi connectivity index (χ1n) is 8.69. The predicted molar refractivity (Wildman–Crippen MR) is 98.1 cm³/mol. The first-order chi connectivity index (χ1) is 11.7. The van der Waals surface area contributed by atoms with E-state index in [-0.39, 0.29) is 29.5 Å². The van der Waals surface area contributed by atoms with E-state index >= 15 is 0 Å². The van der Waals surface area contributed by atoms with Crippen molar-refractivity contribution in [2.75, 3.05) is 45.2 Å². The van der Waals surface area contributed by atoms with Gasteiger partial charge in [-0.05, 0) is 12.5 Å². The Morgan fingerprint density at radius 2 is 1.80 bits per heavy atom. The van der Waals surface area contributed by atoms with Crippen LogP contribution in [0.2, 0.25) is 0 Å². The quantitative estimate of drug-likeness (QED) is 0.771. The van der Waals surface area contributed by atoms with Crippen LogP contribution in [0.3, 0.4) is 0 Å². The Kier molecular flexibility index (Phi) is 5.18. The van der Waals surface area contributed by atoms with Gasteiger partial charge in [-0.25, -0.2) is 8.42 Å². The van der Waals surface area contributed by atoms with Crippen molar-refractivity contribution in [1.82, 2.24) is 14.7 Å². The molecule has 2 aliphatic heterocycles. The molecule has 3 rings (SSSR count). The number of piperazine rings is 1. The minimum atomic E-state index is -3.06. The van der Waals surface area contributed by atoms with Crippen LogP contribution in [0.15, 0.2) is 24.3 Å². The summed E-state index contributed by atoms with van der Waals surface area (Å²) in [6.45, 7) is 4.63. The van der Waals surface area contributed by atoms with Gasteiger partial charge in [-0.15, -0.1) is 0 Å². The lowest BCUT2D eigenvalue weighted by Crippen LogP contribution is -2.60. The van der Waals surface area contributed by atoms with Crippen LogP contribution in [0.4, 0.5) is 0 Å². The molecule has 0 aliphatic carbocycles. The zero-order chi connectivity index (χ0) is 18.2. The minimum absolute atomic E-state index is 0.0233. The predicted octanol–water partition coefficient (Wildman–Crippen LogP) is 0.366. The first kappa shape index (κ1) is 18.4. The second-order valence-corrected chi connectivity index (χ2v) is 9.58. The number of likely N-dealkylation sites (N-methyl/N-ethyl adjacent to an activating group) is 1. The Hall–Kier alpha value is -1.44. The summed E-state index contributed by atoms with van der Waals surface area (Å²) in [5.74, 6) is 0.369. The van der Waals surface area contributed by atoms with E-state index in [1.54, 1.807) is 19.0 Å². The molecule has 0 bridgehead atoms. The van der Waals surface area contributed by atoms with Gasteiger partial charge in [0.15, 0.2) is 9.84 Å². The summed E-state index contributed by atoms with van der Waals surface area (Å²) in [6.07, 6.45) is 0. The van der Waals surface area contributed by atoms with E-state index < -0.39 is 9.84 Å². The van der Waals surface area contributed by atoms with Gasteiger partial charge in [0.2, 0.25) is 5.91 Å². The van der Waals surface area contributed by atoms with Gasteiger partial charge >= 0.3 is 0 Å². The molecule has 1 aromatic rings. The molecule has 2 aliphatic rings. The maximum Gasteiger partial charge on any atom is 0.236 e. The highest BCUT2D eigenvalue weighted by Gasteiger charge is 2.46. The topological polar surface area (TPSA) is 60.9 Å². The SMILES string of the molecule is Cc1cccc(CN2CCN(CC(=O)N(C)C)[C@@H]3CS(=O)(=O)C[C@@H]32)c1. The molecule has 0 unspecified atom stereocenters. The van der Waals surface area contributed by atoms with Crippen LogP contribution in [0, 0.1) is 6.92 Å². The highest BCUT2D eigenvalue weighted by Crippen LogP contribution is 2.28. The molecular formula is C18H27N3O3S. The van der Waals surface area contributed by atoms with Gasteiger partial charge in [0.1, 0.15) is 0 Å². The summed E-state index contributed by atoms with van der Waals surface area (Å²) in [4.78, 5) is 18.0. The maximum absolute atomic E-state index is 12.3. The van der Waals surface area contributed by atoms with Gasteiger partial charge in [-0.2, -0.15) is 0 Å². The molecule has 7 heteroatoms. The molecule has 0 radical (unpaired) electrons. The van der Waals surface area contributed by atoms with E-state index in [9.17, 15) is 13.2 Å². The highest BCUT2D eigenvalue weighted by atomic mass is 32.2. The van der Waals surface area contributed by atoms with Crippen molar-refractivity contribution < 1.29 is 13.2 Å². The summed E-state index contributed by atoms with van der Waals surface area (Å²) in [7, 11) is 0.411. The maximum atomic E-state index is 12.3. The summed E-state index contributed by atoms with van der Waals surface area (Å²) < 4.78 is 24.5. The van der Waals surface area contributed by atoms with Crippen molar-refractivity contribution in [1.29, 1.82) is 0 Å². The molecule has 0 saturated carbocycles. The van der Waals surface area contributed by atoms with Crippen LogP contribution in [0.5, 0.6) is 0 Å². The summed E-state index contributed by atoms with van der Waals surface area (Å²) >= 11 is 0. The number of carbonyl (C=O) groups excluding carboxylic acids is 1. The number of aryl methyl sites for hydroxylation is 1. The Morgan fingerprint density at radius 1 is 1.16 bits per heavy atom. The number of sulfone groups is 1. The third kappa shape index (κ3) is 4.22. The van der Waals surface area contributed by atoms with E-state index in [0.29, 0.717) is 6.54 Å². The average Bonchev–Trinajstić information content (AvgIpc) is 2.85. The molecule has 1 amide bonds. The van der Waals surface area contributed by atoms with Gasteiger partial charge in [0.05, 0.1) is 18.1 Å². The third-order valence-electron chi connectivity index (χ3n) is 5.21. The average molecular weight is 365 g/mol. The van der Waals surface area contributed by atoms with E-state index in [4.69, 9.17) is 0 Å². The monoisotopic (exact) mass is 365 g/mol. The van der Waals surface area contributed by atoms with Crippen LogP contribution in [0.1, 0.15) is 11.1 Å². The van der Waals surface area contributed by atoms with Crippen LogP contribution >= 0.6 is 0 Å². The molecule has 0 aromatic heterocycles. The molecule has 0 N–H and O–H groups in total. The number of fused-ring (bicyclic) bond motifs is 1. The smallest absolute Gasteiger partial charge is 0.236 e. The molecule has 6 nitrogen and oxygen atoms in total. The number of benzene rings is 1. The van der Waals surface area contributed by atoms with E-state index in [2.05, 4.69) is 34.9 Å². The number of rotatable bonds is 4. The van der Waals surface area contributed by atoms with Gasteiger partial charge in [0, 0.05) is 45.8 Å². The summed E-state index contributed by atoms with van der Waals surface area (Å²) in [6, 6.07) is 8.23. The Morgan fingerprint density at radius 3 is 2.44 bits per heavy atom. The molecule has 2 heterocycles. The van der Waals surface area contributed by atoms with Crippen molar-refractivity contribution in [3.05, 3.63) is 35.4 Å². The fourth-order valence-corrected chi connectivity index (χ4v) is 5.89. The van der Waals surface area contributed by atoms with Crippen molar-refractivity contribution in [3.63, 3.8) is 0 Å². The second-order valence-electron chi connectivity index (χ2n) is 7.43. The zero-order valence-corrected chi connectivity index (χ0v) is 16.0. The number of carbonyl (C=O) groups is 1. The van der Waals surface area contributed by atoms with Gasteiger partial charge < -0.3 is 4.90 Å². The number of hydrogen-bond acceptors (Lipinski definition) is 5.